The van der Waals surface area contributed by atoms with Crippen LogP contribution in [-0.2, 0) is 25.5 Å². The van der Waals surface area contributed by atoms with Crippen LogP contribution in [0.4, 0.5) is 0 Å². The van der Waals surface area contributed by atoms with Gasteiger partial charge in [-0.05, 0) is 29.7 Å². The summed E-state index contributed by atoms with van der Waals surface area (Å²) < 4.78 is 17.1. The molecule has 1 aliphatic heterocycles. The number of hydrogen-bond acceptors (Lipinski definition) is 8. The Morgan fingerprint density at radius 2 is 2.45 bits per heavy atom. The molecule has 9 heteroatoms. The molecule has 0 spiro atoms. The van der Waals surface area contributed by atoms with E-state index in [1.54, 1.807) is 0 Å². The third kappa shape index (κ3) is 4.73. The second-order valence-corrected chi connectivity index (χ2v) is 5.27. The molecule has 0 bridgehead atoms. The fraction of sp³-hybridized carbons (Fsp3) is 0.818. The quantitative estimate of drug-likeness (QED) is 0.408. The van der Waals surface area contributed by atoms with Crippen molar-refractivity contribution >= 4 is 17.7 Å². The van der Waals surface area contributed by atoms with Gasteiger partial charge in [-0.25, -0.2) is 4.68 Å². The van der Waals surface area contributed by atoms with Crippen molar-refractivity contribution in [2.24, 2.45) is 0 Å². The fourth-order valence-electron chi connectivity index (χ4n) is 1.74. The Balaban J connectivity index is 1.68. The number of carbonyl (C=O) groups is 1. The van der Waals surface area contributed by atoms with Crippen LogP contribution < -0.4 is 0 Å². The molecule has 0 aliphatic carbocycles. The smallest absolute Gasteiger partial charge is 0.327 e. The van der Waals surface area contributed by atoms with Crippen LogP contribution in [0, 0.1) is 0 Å². The van der Waals surface area contributed by atoms with E-state index in [4.69, 9.17) is 9.47 Å². The highest BCUT2D eigenvalue weighted by Crippen LogP contribution is 2.16. The molecule has 1 aromatic rings. The van der Waals surface area contributed by atoms with Crippen molar-refractivity contribution in [1.29, 1.82) is 0 Å². The Hall–Kier alpha value is -1.19. The monoisotopic (exact) mass is 302 g/mol. The van der Waals surface area contributed by atoms with Crippen molar-refractivity contribution in [3.8, 4) is 0 Å². The molecule has 0 saturated carbocycles. The summed E-state index contributed by atoms with van der Waals surface area (Å²) in [4.78, 5) is 11.2. The highest BCUT2D eigenvalue weighted by atomic mass is 32.2. The first kappa shape index (κ1) is 15.2. The predicted molar refractivity (Wildman–Crippen MR) is 70.1 cm³/mol. The summed E-state index contributed by atoms with van der Waals surface area (Å²) in [5.74, 6) is 0.313. The van der Waals surface area contributed by atoms with Gasteiger partial charge in [0.25, 0.3) is 0 Å². The Bertz CT molecular complexity index is 422. The van der Waals surface area contributed by atoms with Crippen LogP contribution in [0.3, 0.4) is 0 Å². The average molecular weight is 302 g/mol. The topological polar surface area (TPSA) is 88.4 Å². The lowest BCUT2D eigenvalue weighted by Crippen LogP contribution is -2.23. The van der Waals surface area contributed by atoms with E-state index in [9.17, 15) is 4.79 Å². The SMILES string of the molecule is COC(=O)Cn1nnnc1SCCOC1CCCCO1. The van der Waals surface area contributed by atoms with Crippen LogP contribution in [0.2, 0.25) is 0 Å². The standard InChI is InChI=1S/C11H18N4O4S/c1-17-9(16)8-15-11(12-13-14-15)20-7-6-19-10-4-2-3-5-18-10/h10H,2-8H2,1H3. The van der Waals surface area contributed by atoms with Crippen LogP contribution in [0.5, 0.6) is 0 Å². The molecule has 1 atom stereocenters. The van der Waals surface area contributed by atoms with E-state index in [2.05, 4.69) is 20.3 Å². The number of nitrogens with zero attached hydrogens (tertiary/aromatic N) is 4. The molecule has 20 heavy (non-hydrogen) atoms. The predicted octanol–water partition coefficient (Wildman–Crippen LogP) is 0.481. The lowest BCUT2D eigenvalue weighted by Gasteiger charge is -2.22. The Morgan fingerprint density at radius 3 is 3.20 bits per heavy atom. The summed E-state index contributed by atoms with van der Waals surface area (Å²) in [7, 11) is 1.33. The number of methoxy groups -OCH3 is 1. The fourth-order valence-corrected chi connectivity index (χ4v) is 2.45. The number of hydrogen-bond donors (Lipinski definition) is 0. The lowest BCUT2D eigenvalue weighted by atomic mass is 10.2. The van der Waals surface area contributed by atoms with Crippen LogP contribution >= 0.6 is 11.8 Å². The van der Waals surface area contributed by atoms with Crippen LogP contribution in [0.1, 0.15) is 19.3 Å². The molecular formula is C11H18N4O4S. The molecule has 1 saturated heterocycles. The summed E-state index contributed by atoms with van der Waals surface area (Å²) in [5, 5.41) is 11.7. The number of ether oxygens (including phenoxy) is 3. The van der Waals surface area contributed by atoms with E-state index in [1.807, 2.05) is 0 Å². The largest absolute Gasteiger partial charge is 0.468 e. The second-order valence-electron chi connectivity index (χ2n) is 4.21. The van der Waals surface area contributed by atoms with Gasteiger partial charge in [-0.1, -0.05) is 11.8 Å². The third-order valence-electron chi connectivity index (χ3n) is 2.76. The first-order valence-corrected chi connectivity index (χ1v) is 7.47. The number of thioether (sulfide) groups is 1. The highest BCUT2D eigenvalue weighted by Gasteiger charge is 2.14. The minimum Gasteiger partial charge on any atom is -0.468 e. The molecule has 8 nitrogen and oxygen atoms in total. The molecule has 2 rings (SSSR count). The first-order chi connectivity index (χ1) is 9.79. The minimum absolute atomic E-state index is 0.0123. The Labute approximate surface area is 121 Å². The molecule has 0 radical (unpaired) electrons. The van der Waals surface area contributed by atoms with Gasteiger partial charge in [0.2, 0.25) is 5.16 Å². The number of esters is 1. The first-order valence-electron chi connectivity index (χ1n) is 6.48. The van der Waals surface area contributed by atoms with E-state index >= 15 is 0 Å². The second kappa shape index (κ2) is 8.18. The maximum atomic E-state index is 11.2. The van der Waals surface area contributed by atoms with Crippen molar-refractivity contribution in [2.45, 2.75) is 37.3 Å². The van der Waals surface area contributed by atoms with Crippen LogP contribution in [-0.4, -0.2) is 58.5 Å². The molecule has 1 aromatic heterocycles. The van der Waals surface area contributed by atoms with Crippen molar-refractivity contribution < 1.29 is 19.0 Å². The van der Waals surface area contributed by atoms with E-state index in [-0.39, 0.29) is 18.8 Å². The van der Waals surface area contributed by atoms with Gasteiger partial charge in [0.1, 0.15) is 6.54 Å². The van der Waals surface area contributed by atoms with Gasteiger partial charge < -0.3 is 14.2 Å². The number of carbonyl (C=O) groups excluding carboxylic acids is 1. The molecular weight excluding hydrogens is 284 g/mol. The molecule has 1 unspecified atom stereocenters. The number of tetrazole rings is 1. The molecule has 2 heterocycles. The zero-order chi connectivity index (χ0) is 14.2. The Morgan fingerprint density at radius 1 is 1.55 bits per heavy atom. The average Bonchev–Trinajstić information content (AvgIpc) is 2.92. The molecule has 1 aliphatic rings. The highest BCUT2D eigenvalue weighted by molar-refractivity contribution is 7.99. The van der Waals surface area contributed by atoms with Gasteiger partial charge in [-0.15, -0.1) is 5.10 Å². The van der Waals surface area contributed by atoms with Crippen LogP contribution in [0.25, 0.3) is 0 Å². The summed E-state index contributed by atoms with van der Waals surface area (Å²) in [6.07, 6.45) is 3.12. The normalized spacial score (nSPS) is 18.9. The van der Waals surface area contributed by atoms with Crippen molar-refractivity contribution in [2.75, 3.05) is 26.1 Å². The van der Waals surface area contributed by atoms with Gasteiger partial charge in [0, 0.05) is 12.4 Å². The number of rotatable bonds is 7. The van der Waals surface area contributed by atoms with Crippen molar-refractivity contribution in [3.05, 3.63) is 0 Å². The number of aromatic nitrogens is 4. The lowest BCUT2D eigenvalue weighted by molar-refractivity contribution is -0.158. The summed E-state index contributed by atoms with van der Waals surface area (Å²) in [6, 6.07) is 0. The minimum atomic E-state index is -0.383. The summed E-state index contributed by atoms with van der Waals surface area (Å²) in [6.45, 7) is 1.34. The van der Waals surface area contributed by atoms with E-state index in [0.717, 1.165) is 25.9 Å². The zero-order valence-electron chi connectivity index (χ0n) is 11.4. The zero-order valence-corrected chi connectivity index (χ0v) is 12.2. The van der Waals surface area contributed by atoms with Gasteiger partial charge in [-0.2, -0.15) is 0 Å². The third-order valence-corrected chi connectivity index (χ3v) is 3.68. The Kier molecular flexibility index (Phi) is 6.22. The molecule has 112 valence electrons. The summed E-state index contributed by atoms with van der Waals surface area (Å²) >= 11 is 1.43. The maximum Gasteiger partial charge on any atom is 0.327 e. The van der Waals surface area contributed by atoms with Crippen molar-refractivity contribution in [3.63, 3.8) is 0 Å². The molecule has 0 aromatic carbocycles. The van der Waals surface area contributed by atoms with E-state index < -0.39 is 0 Å². The van der Waals surface area contributed by atoms with Gasteiger partial charge >= 0.3 is 5.97 Å². The van der Waals surface area contributed by atoms with E-state index in [1.165, 1.54) is 23.6 Å². The molecule has 0 amide bonds. The summed E-state index contributed by atoms with van der Waals surface area (Å²) in [5.41, 5.74) is 0. The van der Waals surface area contributed by atoms with Gasteiger partial charge in [-0.3, -0.25) is 4.79 Å². The van der Waals surface area contributed by atoms with Gasteiger partial charge in [0.05, 0.1) is 13.7 Å². The van der Waals surface area contributed by atoms with Crippen molar-refractivity contribution in [1.82, 2.24) is 20.2 Å². The van der Waals surface area contributed by atoms with E-state index in [0.29, 0.717) is 17.5 Å². The molecule has 0 N–H and O–H groups in total. The maximum absolute atomic E-state index is 11.2. The molecule has 1 fully saturated rings. The van der Waals surface area contributed by atoms with Crippen LogP contribution in [0.15, 0.2) is 5.16 Å². The van der Waals surface area contributed by atoms with Gasteiger partial charge in [0.15, 0.2) is 6.29 Å².